The van der Waals surface area contributed by atoms with Crippen molar-refractivity contribution in [1.29, 1.82) is 0 Å². The van der Waals surface area contributed by atoms with Gasteiger partial charge in [-0.25, -0.2) is 0 Å². The molecule has 0 aliphatic carbocycles. The summed E-state index contributed by atoms with van der Waals surface area (Å²) < 4.78 is 1.79. The topological polar surface area (TPSA) is 61.4 Å². The van der Waals surface area contributed by atoms with Gasteiger partial charge in [0.2, 0.25) is 11.0 Å². The molecule has 2 heterocycles. The fourth-order valence-electron chi connectivity index (χ4n) is 3.08. The van der Waals surface area contributed by atoms with Gasteiger partial charge < -0.3 is 15.1 Å². The van der Waals surface area contributed by atoms with Crippen LogP contribution in [0.4, 0.5) is 16.5 Å². The zero-order valence-corrected chi connectivity index (χ0v) is 18.8. The fourth-order valence-corrected chi connectivity index (χ4v) is 5.15. The summed E-state index contributed by atoms with van der Waals surface area (Å²) in [6, 6.07) is 18.2. The summed E-state index contributed by atoms with van der Waals surface area (Å²) in [5, 5.41) is 12.3. The van der Waals surface area contributed by atoms with Crippen LogP contribution in [0.25, 0.3) is 0 Å². The van der Waals surface area contributed by atoms with E-state index in [9.17, 15) is 4.79 Å². The Morgan fingerprint density at radius 1 is 1.07 bits per heavy atom. The number of aromatic nitrogens is 2. The Balaban J connectivity index is 1.24. The first-order chi connectivity index (χ1) is 14.2. The van der Waals surface area contributed by atoms with Gasteiger partial charge in [-0.15, -0.1) is 10.2 Å². The van der Waals surface area contributed by atoms with Gasteiger partial charge in [0.1, 0.15) is 0 Å². The number of piperazine rings is 1. The molecular formula is C20H20BrN5OS2. The summed E-state index contributed by atoms with van der Waals surface area (Å²) in [4.78, 5) is 16.8. The molecule has 0 spiro atoms. The van der Waals surface area contributed by atoms with E-state index < -0.39 is 0 Å². The molecule has 0 atom stereocenters. The number of halogens is 1. The number of amides is 1. The second-order valence-electron chi connectivity index (χ2n) is 6.50. The van der Waals surface area contributed by atoms with E-state index in [0.29, 0.717) is 5.75 Å². The van der Waals surface area contributed by atoms with Crippen LogP contribution in [-0.4, -0.2) is 52.9 Å². The van der Waals surface area contributed by atoms with Gasteiger partial charge in [-0.1, -0.05) is 63.3 Å². The van der Waals surface area contributed by atoms with Gasteiger partial charge in [-0.3, -0.25) is 4.79 Å². The molecular weight excluding hydrogens is 470 g/mol. The van der Waals surface area contributed by atoms with Crippen molar-refractivity contribution in [2.75, 3.05) is 42.1 Å². The van der Waals surface area contributed by atoms with Gasteiger partial charge in [0.25, 0.3) is 0 Å². The van der Waals surface area contributed by atoms with Crippen molar-refractivity contribution in [3.05, 3.63) is 59.1 Å². The lowest BCUT2D eigenvalue weighted by atomic mass is 10.2. The first-order valence-electron chi connectivity index (χ1n) is 9.24. The van der Waals surface area contributed by atoms with Gasteiger partial charge in [0, 0.05) is 42.0 Å². The first-order valence-corrected chi connectivity index (χ1v) is 11.8. The lowest BCUT2D eigenvalue weighted by Gasteiger charge is -2.36. The lowest BCUT2D eigenvalue weighted by molar-refractivity contribution is -0.128. The van der Waals surface area contributed by atoms with Crippen molar-refractivity contribution >= 4 is 61.4 Å². The summed E-state index contributed by atoms with van der Waals surface area (Å²) >= 11 is 6.35. The number of para-hydroxylation sites is 1. The number of carbonyl (C=O) groups excluding carboxylic acids is 1. The standard InChI is InChI=1S/C20H20BrN5OS2/c21-15-5-4-6-16(13-15)22-19-23-24-20(29-19)28-14-18(27)26-11-9-25(10-12-26)17-7-2-1-3-8-17/h1-8,13H,9-12,14H2,(H,22,23). The van der Waals surface area contributed by atoms with Crippen LogP contribution in [0, 0.1) is 0 Å². The van der Waals surface area contributed by atoms with E-state index in [1.807, 2.05) is 47.4 Å². The normalized spacial score (nSPS) is 14.1. The third kappa shape index (κ3) is 5.49. The van der Waals surface area contributed by atoms with Gasteiger partial charge in [-0.05, 0) is 30.3 Å². The molecule has 1 saturated heterocycles. The number of hydrogen-bond donors (Lipinski definition) is 1. The minimum atomic E-state index is 0.152. The van der Waals surface area contributed by atoms with Crippen LogP contribution in [0.1, 0.15) is 0 Å². The molecule has 150 valence electrons. The van der Waals surface area contributed by atoms with Gasteiger partial charge in [0.15, 0.2) is 4.34 Å². The Bertz CT molecular complexity index is 960. The molecule has 3 aromatic rings. The van der Waals surface area contributed by atoms with Gasteiger partial charge in [-0.2, -0.15) is 0 Å². The van der Waals surface area contributed by atoms with E-state index in [-0.39, 0.29) is 5.91 Å². The molecule has 1 N–H and O–H groups in total. The molecule has 0 bridgehead atoms. The Morgan fingerprint density at radius 2 is 1.86 bits per heavy atom. The maximum Gasteiger partial charge on any atom is 0.233 e. The zero-order chi connectivity index (χ0) is 20.1. The van der Waals surface area contributed by atoms with E-state index in [1.165, 1.54) is 28.8 Å². The molecule has 9 heteroatoms. The number of nitrogens with zero attached hydrogens (tertiary/aromatic N) is 4. The summed E-state index contributed by atoms with van der Waals surface area (Å²) in [5.41, 5.74) is 2.16. The fraction of sp³-hybridized carbons (Fsp3) is 0.250. The minimum Gasteiger partial charge on any atom is -0.368 e. The average Bonchev–Trinajstić information content (AvgIpc) is 3.20. The molecule has 1 aromatic heterocycles. The first kappa shape index (κ1) is 20.2. The molecule has 0 radical (unpaired) electrons. The highest BCUT2D eigenvalue weighted by Gasteiger charge is 2.21. The number of anilines is 3. The van der Waals surface area contributed by atoms with Crippen LogP contribution in [0.3, 0.4) is 0 Å². The molecule has 0 saturated carbocycles. The summed E-state index contributed by atoms with van der Waals surface area (Å²) in [5.74, 6) is 0.538. The highest BCUT2D eigenvalue weighted by Crippen LogP contribution is 2.28. The molecule has 1 fully saturated rings. The quantitative estimate of drug-likeness (QED) is 0.514. The molecule has 1 aliphatic rings. The number of carbonyl (C=O) groups is 1. The zero-order valence-electron chi connectivity index (χ0n) is 15.6. The molecule has 29 heavy (non-hydrogen) atoms. The van der Waals surface area contributed by atoms with Gasteiger partial charge in [0.05, 0.1) is 5.75 Å². The van der Waals surface area contributed by atoms with Crippen molar-refractivity contribution in [1.82, 2.24) is 15.1 Å². The summed E-state index contributed by atoms with van der Waals surface area (Å²) in [6.45, 7) is 3.22. The van der Waals surface area contributed by atoms with Crippen LogP contribution in [0.15, 0.2) is 63.4 Å². The smallest absolute Gasteiger partial charge is 0.233 e. The van der Waals surface area contributed by atoms with Crippen LogP contribution < -0.4 is 10.2 Å². The SMILES string of the molecule is O=C(CSc1nnc(Nc2cccc(Br)c2)s1)N1CCN(c2ccccc2)CC1. The second kappa shape index (κ2) is 9.60. The average molecular weight is 490 g/mol. The Morgan fingerprint density at radius 3 is 2.62 bits per heavy atom. The number of hydrogen-bond acceptors (Lipinski definition) is 7. The number of benzene rings is 2. The van der Waals surface area contributed by atoms with E-state index in [2.05, 4.69) is 48.5 Å². The monoisotopic (exact) mass is 489 g/mol. The third-order valence-corrected chi connectivity index (χ3v) is 7.01. The van der Waals surface area contributed by atoms with Gasteiger partial charge >= 0.3 is 0 Å². The molecule has 6 nitrogen and oxygen atoms in total. The predicted octanol–water partition coefficient (Wildman–Crippen LogP) is 4.49. The summed E-state index contributed by atoms with van der Waals surface area (Å²) in [6.07, 6.45) is 0. The molecule has 2 aromatic carbocycles. The van der Waals surface area contributed by atoms with Crippen molar-refractivity contribution in [2.45, 2.75) is 4.34 Å². The van der Waals surface area contributed by atoms with E-state index in [0.717, 1.165) is 45.8 Å². The number of rotatable bonds is 6. The van der Waals surface area contributed by atoms with E-state index >= 15 is 0 Å². The van der Waals surface area contributed by atoms with E-state index in [1.54, 1.807) is 0 Å². The number of thioether (sulfide) groups is 1. The molecule has 1 aliphatic heterocycles. The lowest BCUT2D eigenvalue weighted by Crippen LogP contribution is -2.49. The molecule has 4 rings (SSSR count). The molecule has 0 unspecified atom stereocenters. The minimum absolute atomic E-state index is 0.152. The Labute approximate surface area is 186 Å². The highest BCUT2D eigenvalue weighted by atomic mass is 79.9. The Kier molecular flexibility index (Phi) is 6.68. The second-order valence-corrected chi connectivity index (χ2v) is 9.62. The maximum atomic E-state index is 12.6. The van der Waals surface area contributed by atoms with Crippen LogP contribution in [-0.2, 0) is 4.79 Å². The molecule has 1 amide bonds. The van der Waals surface area contributed by atoms with Crippen molar-refractivity contribution < 1.29 is 4.79 Å². The highest BCUT2D eigenvalue weighted by molar-refractivity contribution is 9.10. The van der Waals surface area contributed by atoms with Crippen LogP contribution >= 0.6 is 39.0 Å². The van der Waals surface area contributed by atoms with Crippen molar-refractivity contribution in [3.63, 3.8) is 0 Å². The third-order valence-electron chi connectivity index (χ3n) is 4.56. The number of nitrogens with one attached hydrogen (secondary N) is 1. The van der Waals surface area contributed by atoms with Crippen LogP contribution in [0.2, 0.25) is 0 Å². The van der Waals surface area contributed by atoms with Crippen LogP contribution in [0.5, 0.6) is 0 Å². The largest absolute Gasteiger partial charge is 0.368 e. The van der Waals surface area contributed by atoms with E-state index in [4.69, 9.17) is 0 Å². The maximum absolute atomic E-state index is 12.6. The van der Waals surface area contributed by atoms with Crippen molar-refractivity contribution in [3.8, 4) is 0 Å². The van der Waals surface area contributed by atoms with Crippen molar-refractivity contribution in [2.24, 2.45) is 0 Å². The predicted molar refractivity (Wildman–Crippen MR) is 123 cm³/mol. The summed E-state index contributed by atoms with van der Waals surface area (Å²) in [7, 11) is 0. The Hall–Kier alpha value is -2.10.